The average molecular weight is 500 g/mol. The van der Waals surface area contributed by atoms with Crippen LogP contribution in [0.2, 0.25) is 10.0 Å². The molecule has 0 aliphatic carbocycles. The van der Waals surface area contributed by atoms with Gasteiger partial charge in [0, 0.05) is 42.1 Å². The monoisotopic (exact) mass is 499 g/mol. The average Bonchev–Trinajstić information content (AvgIpc) is 3.25. The first-order valence-electron chi connectivity index (χ1n) is 10.1. The Hall–Kier alpha value is -3.89. The molecule has 0 bridgehead atoms. The third-order valence-electron chi connectivity index (χ3n) is 4.81. The molecule has 174 valence electrons. The number of imidazole rings is 1. The Morgan fingerprint density at radius 1 is 1.06 bits per heavy atom. The van der Waals surface area contributed by atoms with E-state index in [4.69, 9.17) is 28.3 Å². The van der Waals surface area contributed by atoms with Crippen LogP contribution >= 0.6 is 23.2 Å². The molecule has 4 rings (SSSR count). The highest BCUT2D eigenvalue weighted by Gasteiger charge is 2.13. The molecule has 0 fully saturated rings. The largest absolute Gasteiger partial charge is 0.465 e. The van der Waals surface area contributed by atoms with Crippen LogP contribution in [0.25, 0.3) is 16.9 Å². The van der Waals surface area contributed by atoms with Crippen LogP contribution in [0.3, 0.4) is 0 Å². The summed E-state index contributed by atoms with van der Waals surface area (Å²) in [6.45, 7) is 2.23. The molecule has 0 atom stereocenters. The molecule has 12 heteroatoms. The maximum atomic E-state index is 11.7. The molecule has 0 unspecified atom stereocenters. The molecular weight excluding hydrogens is 481 g/mol. The number of carbonyl (C=O) groups excluding carboxylic acids is 1. The Bertz CT molecular complexity index is 1390. The Labute approximate surface area is 204 Å². The van der Waals surface area contributed by atoms with E-state index >= 15 is 0 Å². The fourth-order valence-corrected chi connectivity index (χ4v) is 3.79. The normalized spacial score (nSPS) is 10.8. The summed E-state index contributed by atoms with van der Waals surface area (Å²) in [6.07, 6.45) is 2.16. The first-order chi connectivity index (χ1) is 16.3. The number of nitrogens with one attached hydrogen (secondary N) is 3. The Balaban J connectivity index is 1.49. The SMILES string of the molecule is CC(=O)c1ccc(NCCNc2nc(-c3ccc(Cl)cc3Cl)cc3nccn23)nc1NC(=O)O. The molecule has 0 aliphatic heterocycles. The number of benzene rings is 1. The second-order valence-electron chi connectivity index (χ2n) is 7.18. The van der Waals surface area contributed by atoms with Crippen LogP contribution in [0.15, 0.2) is 48.8 Å². The third kappa shape index (κ3) is 5.19. The van der Waals surface area contributed by atoms with Crippen LogP contribution in [-0.2, 0) is 0 Å². The van der Waals surface area contributed by atoms with E-state index in [1.807, 2.05) is 10.5 Å². The zero-order chi connectivity index (χ0) is 24.2. The number of nitrogens with zero attached hydrogens (tertiary/aromatic N) is 4. The van der Waals surface area contributed by atoms with Gasteiger partial charge in [-0.25, -0.2) is 19.7 Å². The van der Waals surface area contributed by atoms with Gasteiger partial charge in [0.05, 0.1) is 16.3 Å². The molecule has 4 N–H and O–H groups in total. The molecule has 34 heavy (non-hydrogen) atoms. The second-order valence-corrected chi connectivity index (χ2v) is 8.02. The number of hydrogen-bond acceptors (Lipinski definition) is 7. The highest BCUT2D eigenvalue weighted by Crippen LogP contribution is 2.30. The summed E-state index contributed by atoms with van der Waals surface area (Å²) in [5.41, 5.74) is 2.25. The number of amides is 1. The summed E-state index contributed by atoms with van der Waals surface area (Å²) >= 11 is 12.4. The zero-order valence-electron chi connectivity index (χ0n) is 17.8. The van der Waals surface area contributed by atoms with Crippen molar-refractivity contribution in [2.45, 2.75) is 6.92 Å². The summed E-state index contributed by atoms with van der Waals surface area (Å²) < 4.78 is 1.81. The van der Waals surface area contributed by atoms with Crippen molar-refractivity contribution in [3.8, 4) is 11.3 Å². The topological polar surface area (TPSA) is 134 Å². The molecule has 0 saturated heterocycles. The van der Waals surface area contributed by atoms with Crippen molar-refractivity contribution in [1.29, 1.82) is 0 Å². The van der Waals surface area contributed by atoms with E-state index in [2.05, 4.69) is 30.9 Å². The quantitative estimate of drug-likeness (QED) is 0.198. The molecule has 4 aromatic rings. The van der Waals surface area contributed by atoms with Gasteiger partial charge in [-0.15, -0.1) is 0 Å². The fraction of sp³-hybridized carbons (Fsp3) is 0.136. The van der Waals surface area contributed by atoms with Crippen molar-refractivity contribution < 1.29 is 14.7 Å². The maximum absolute atomic E-state index is 11.7. The molecule has 3 heterocycles. The molecule has 1 aromatic carbocycles. The van der Waals surface area contributed by atoms with Crippen molar-refractivity contribution in [3.63, 3.8) is 0 Å². The van der Waals surface area contributed by atoms with Crippen LogP contribution in [0.5, 0.6) is 0 Å². The molecule has 0 radical (unpaired) electrons. The number of halogens is 2. The van der Waals surface area contributed by atoms with Gasteiger partial charge < -0.3 is 15.7 Å². The molecule has 3 aromatic heterocycles. The number of aromatic nitrogens is 4. The van der Waals surface area contributed by atoms with Crippen molar-refractivity contribution in [3.05, 3.63) is 64.4 Å². The number of Topliss-reactive ketones (excluding diaryl/α,β-unsaturated/α-hetero) is 1. The van der Waals surface area contributed by atoms with Gasteiger partial charge in [0.1, 0.15) is 17.3 Å². The number of fused-ring (bicyclic) bond motifs is 1. The van der Waals surface area contributed by atoms with Gasteiger partial charge >= 0.3 is 6.09 Å². The number of carbonyl (C=O) groups is 2. The predicted molar refractivity (Wildman–Crippen MR) is 131 cm³/mol. The van der Waals surface area contributed by atoms with Crippen LogP contribution in [0, 0.1) is 0 Å². The van der Waals surface area contributed by atoms with Gasteiger partial charge in [0.15, 0.2) is 5.78 Å². The van der Waals surface area contributed by atoms with E-state index in [0.29, 0.717) is 46.2 Å². The minimum absolute atomic E-state index is 0.0210. The molecule has 0 aliphatic rings. The van der Waals surface area contributed by atoms with E-state index in [0.717, 1.165) is 5.56 Å². The Morgan fingerprint density at radius 3 is 2.59 bits per heavy atom. The van der Waals surface area contributed by atoms with Gasteiger partial charge in [-0.1, -0.05) is 23.2 Å². The van der Waals surface area contributed by atoms with Crippen LogP contribution in [0.4, 0.5) is 22.4 Å². The fourth-order valence-electron chi connectivity index (χ4n) is 3.29. The lowest BCUT2D eigenvalue weighted by Gasteiger charge is -2.13. The van der Waals surface area contributed by atoms with Crippen molar-refractivity contribution >= 4 is 58.3 Å². The summed E-state index contributed by atoms with van der Waals surface area (Å²) in [5.74, 6) is 0.664. The molecule has 10 nitrogen and oxygen atoms in total. The highest BCUT2D eigenvalue weighted by atomic mass is 35.5. The number of rotatable bonds is 8. The van der Waals surface area contributed by atoms with Crippen LogP contribution in [-0.4, -0.2) is 49.4 Å². The molecule has 0 spiro atoms. The first kappa shape index (κ1) is 23.3. The van der Waals surface area contributed by atoms with E-state index < -0.39 is 6.09 Å². The lowest BCUT2D eigenvalue weighted by molar-refractivity contribution is 0.101. The van der Waals surface area contributed by atoms with Crippen LogP contribution in [0.1, 0.15) is 17.3 Å². The molecule has 1 amide bonds. The number of anilines is 3. The third-order valence-corrected chi connectivity index (χ3v) is 5.36. The first-order valence-corrected chi connectivity index (χ1v) is 10.9. The number of hydrogen-bond donors (Lipinski definition) is 4. The second kappa shape index (κ2) is 9.94. The summed E-state index contributed by atoms with van der Waals surface area (Å²) in [6, 6.07) is 10.2. The Morgan fingerprint density at radius 2 is 1.85 bits per heavy atom. The molecular formula is C22H19Cl2N7O3. The van der Waals surface area contributed by atoms with E-state index in [9.17, 15) is 9.59 Å². The van der Waals surface area contributed by atoms with Crippen molar-refractivity contribution in [1.82, 2.24) is 19.4 Å². The number of carboxylic acid groups (broad SMARTS) is 1. The van der Waals surface area contributed by atoms with E-state index in [-0.39, 0.29) is 17.2 Å². The maximum Gasteiger partial charge on any atom is 0.410 e. The van der Waals surface area contributed by atoms with Crippen molar-refractivity contribution in [2.24, 2.45) is 0 Å². The summed E-state index contributed by atoms with van der Waals surface area (Å²) in [7, 11) is 0. The zero-order valence-corrected chi connectivity index (χ0v) is 19.4. The molecule has 0 saturated carbocycles. The van der Waals surface area contributed by atoms with Crippen LogP contribution < -0.4 is 16.0 Å². The van der Waals surface area contributed by atoms with E-state index in [1.54, 1.807) is 36.7 Å². The van der Waals surface area contributed by atoms with Gasteiger partial charge in [-0.3, -0.25) is 14.5 Å². The minimum Gasteiger partial charge on any atom is -0.465 e. The van der Waals surface area contributed by atoms with Gasteiger partial charge in [0.25, 0.3) is 0 Å². The predicted octanol–water partition coefficient (Wildman–Crippen LogP) is 4.91. The lowest BCUT2D eigenvalue weighted by atomic mass is 10.1. The van der Waals surface area contributed by atoms with Crippen molar-refractivity contribution in [2.75, 3.05) is 29.0 Å². The lowest BCUT2D eigenvalue weighted by Crippen LogP contribution is -2.18. The number of ketones is 1. The van der Waals surface area contributed by atoms with E-state index in [1.165, 1.54) is 13.0 Å². The number of pyridine rings is 1. The summed E-state index contributed by atoms with van der Waals surface area (Å²) in [5, 5.41) is 18.5. The smallest absolute Gasteiger partial charge is 0.410 e. The summed E-state index contributed by atoms with van der Waals surface area (Å²) in [4.78, 5) is 35.9. The van der Waals surface area contributed by atoms with Gasteiger partial charge in [0.2, 0.25) is 5.95 Å². The van der Waals surface area contributed by atoms with Gasteiger partial charge in [-0.2, -0.15) is 0 Å². The Kier molecular flexibility index (Phi) is 6.80. The van der Waals surface area contributed by atoms with Gasteiger partial charge in [-0.05, 0) is 37.3 Å². The highest BCUT2D eigenvalue weighted by molar-refractivity contribution is 6.36. The minimum atomic E-state index is -1.30. The standard InChI is InChI=1S/C22H19Cl2N7O3/c1-12(32)14-4-5-18(29-20(14)30-22(33)34)25-6-7-27-21-28-17(11-19-26-8-9-31(19)21)15-3-2-13(23)10-16(15)24/h2-5,8-11H,6-7H2,1H3,(H,27,28)(H,33,34)(H2,25,29,30).